The van der Waals surface area contributed by atoms with Crippen LogP contribution in [0.1, 0.15) is 32.6 Å². The van der Waals surface area contributed by atoms with E-state index in [1.165, 1.54) is 0 Å². The molecule has 0 aromatic rings. The second kappa shape index (κ2) is 6.90. The van der Waals surface area contributed by atoms with E-state index in [2.05, 4.69) is 0 Å². The van der Waals surface area contributed by atoms with Crippen molar-refractivity contribution in [2.24, 2.45) is 0 Å². The molecule has 0 aromatic heterocycles. The molecule has 0 radical (unpaired) electrons. The average Bonchev–Trinajstić information content (AvgIpc) is 2.54. The number of rotatable bonds is 6. The van der Waals surface area contributed by atoms with Gasteiger partial charge in [0.25, 0.3) is 0 Å². The first-order valence-electron chi connectivity index (χ1n) is 5.91. The Balaban J connectivity index is 2.20. The number of carbonyl (C=O) groups excluding carboxylic acids is 1. The lowest BCUT2D eigenvalue weighted by molar-refractivity contribution is -0.157. The molecule has 4 atom stereocenters. The maximum absolute atomic E-state index is 11.3. The monoisotopic (exact) mass is 248 g/mol. The summed E-state index contributed by atoms with van der Waals surface area (Å²) in [5.74, 6) is -0.356. The van der Waals surface area contributed by atoms with Gasteiger partial charge in [0, 0.05) is 6.42 Å². The van der Waals surface area contributed by atoms with Gasteiger partial charge in [-0.05, 0) is 6.42 Å². The highest BCUT2D eigenvalue weighted by Crippen LogP contribution is 2.19. The standard InChI is InChI=1S/C11H20O6/c1-2-3-4-5-8(12)16-6-7-9(13)10(14)11(15)17-7/h7,9-11,13-15H,2-6H2,1H3/t7-,9-,10-,11?/m1/s1. The Kier molecular flexibility index (Phi) is 5.84. The Morgan fingerprint density at radius 3 is 2.47 bits per heavy atom. The average molecular weight is 248 g/mol. The Labute approximate surface area is 100 Å². The van der Waals surface area contributed by atoms with Gasteiger partial charge in [0.15, 0.2) is 6.29 Å². The number of esters is 1. The molecule has 0 amide bonds. The van der Waals surface area contributed by atoms with E-state index < -0.39 is 24.6 Å². The van der Waals surface area contributed by atoms with Crippen LogP contribution in [-0.4, -0.2) is 52.5 Å². The summed E-state index contributed by atoms with van der Waals surface area (Å²) in [6.07, 6.45) is -1.77. The van der Waals surface area contributed by atoms with Crippen LogP contribution in [0.15, 0.2) is 0 Å². The van der Waals surface area contributed by atoms with Gasteiger partial charge in [-0.15, -0.1) is 0 Å². The topological polar surface area (TPSA) is 96.2 Å². The largest absolute Gasteiger partial charge is 0.463 e. The highest BCUT2D eigenvalue weighted by Gasteiger charge is 2.42. The summed E-state index contributed by atoms with van der Waals surface area (Å²) in [5.41, 5.74) is 0. The van der Waals surface area contributed by atoms with Crippen LogP contribution in [0.4, 0.5) is 0 Å². The molecule has 1 rings (SSSR count). The molecule has 0 aromatic carbocycles. The van der Waals surface area contributed by atoms with Crippen LogP contribution in [0.5, 0.6) is 0 Å². The predicted molar refractivity (Wildman–Crippen MR) is 58.0 cm³/mol. The zero-order valence-corrected chi connectivity index (χ0v) is 9.91. The predicted octanol–water partition coefficient (Wildman–Crippen LogP) is -0.451. The Morgan fingerprint density at radius 1 is 1.24 bits per heavy atom. The lowest BCUT2D eigenvalue weighted by atomic mass is 10.1. The molecule has 1 saturated heterocycles. The minimum Gasteiger partial charge on any atom is -0.463 e. The van der Waals surface area contributed by atoms with E-state index in [4.69, 9.17) is 14.6 Å². The van der Waals surface area contributed by atoms with Crippen LogP contribution in [-0.2, 0) is 14.3 Å². The first kappa shape index (κ1) is 14.4. The lowest BCUT2D eigenvalue weighted by Crippen LogP contribution is -2.34. The zero-order valence-electron chi connectivity index (χ0n) is 9.91. The van der Waals surface area contributed by atoms with E-state index >= 15 is 0 Å². The number of ether oxygens (including phenoxy) is 2. The number of aliphatic hydroxyl groups excluding tert-OH is 3. The first-order valence-corrected chi connectivity index (χ1v) is 5.91. The number of hydrogen-bond donors (Lipinski definition) is 3. The molecular formula is C11H20O6. The molecule has 0 aliphatic carbocycles. The van der Waals surface area contributed by atoms with Crippen molar-refractivity contribution in [1.82, 2.24) is 0 Å². The van der Waals surface area contributed by atoms with Gasteiger partial charge in [0.2, 0.25) is 0 Å². The second-order valence-electron chi connectivity index (χ2n) is 4.19. The summed E-state index contributed by atoms with van der Waals surface area (Å²) in [5, 5.41) is 27.7. The fraction of sp³-hybridized carbons (Fsp3) is 0.909. The highest BCUT2D eigenvalue weighted by molar-refractivity contribution is 5.69. The van der Waals surface area contributed by atoms with E-state index in [0.29, 0.717) is 6.42 Å². The Morgan fingerprint density at radius 2 is 1.94 bits per heavy atom. The van der Waals surface area contributed by atoms with Crippen LogP contribution in [0.2, 0.25) is 0 Å². The van der Waals surface area contributed by atoms with Crippen LogP contribution in [0.3, 0.4) is 0 Å². The maximum Gasteiger partial charge on any atom is 0.305 e. The van der Waals surface area contributed by atoms with Gasteiger partial charge in [-0.3, -0.25) is 4.79 Å². The van der Waals surface area contributed by atoms with Crippen LogP contribution in [0, 0.1) is 0 Å². The minimum absolute atomic E-state index is 0.153. The summed E-state index contributed by atoms with van der Waals surface area (Å²) >= 11 is 0. The molecule has 0 saturated carbocycles. The summed E-state index contributed by atoms with van der Waals surface area (Å²) in [6.45, 7) is 1.89. The smallest absolute Gasteiger partial charge is 0.305 e. The molecule has 1 fully saturated rings. The van der Waals surface area contributed by atoms with Crippen molar-refractivity contribution < 1.29 is 29.6 Å². The first-order chi connectivity index (χ1) is 8.06. The third kappa shape index (κ3) is 4.23. The summed E-state index contributed by atoms with van der Waals surface area (Å²) in [7, 11) is 0. The van der Waals surface area contributed by atoms with Gasteiger partial charge in [-0.25, -0.2) is 0 Å². The SMILES string of the molecule is CCCCCC(=O)OC[C@H]1OC(O)[C@H](O)[C@@H]1O. The number of aliphatic hydroxyl groups is 3. The third-order valence-corrected chi connectivity index (χ3v) is 2.73. The highest BCUT2D eigenvalue weighted by atomic mass is 16.7. The van der Waals surface area contributed by atoms with E-state index in [1.54, 1.807) is 0 Å². The normalized spacial score (nSPS) is 32.7. The Hall–Kier alpha value is -0.690. The van der Waals surface area contributed by atoms with E-state index in [-0.39, 0.29) is 12.6 Å². The molecule has 1 aliphatic heterocycles. The van der Waals surface area contributed by atoms with Gasteiger partial charge in [0.05, 0.1) is 0 Å². The van der Waals surface area contributed by atoms with Gasteiger partial charge in [0.1, 0.15) is 24.9 Å². The number of carbonyl (C=O) groups is 1. The number of hydrogen-bond acceptors (Lipinski definition) is 6. The van der Waals surface area contributed by atoms with Crippen LogP contribution in [0.25, 0.3) is 0 Å². The van der Waals surface area contributed by atoms with Crippen LogP contribution >= 0.6 is 0 Å². The lowest BCUT2D eigenvalue weighted by Gasteiger charge is -2.14. The van der Waals surface area contributed by atoms with Crippen molar-refractivity contribution in [1.29, 1.82) is 0 Å². The van der Waals surface area contributed by atoms with Crippen LogP contribution < -0.4 is 0 Å². The molecule has 1 aliphatic rings. The summed E-state index contributed by atoms with van der Waals surface area (Å²) in [6, 6.07) is 0. The third-order valence-electron chi connectivity index (χ3n) is 2.73. The molecule has 0 bridgehead atoms. The van der Waals surface area contributed by atoms with E-state index in [9.17, 15) is 15.0 Å². The molecule has 17 heavy (non-hydrogen) atoms. The molecule has 1 heterocycles. The molecule has 3 N–H and O–H groups in total. The van der Waals surface area contributed by atoms with Gasteiger partial charge < -0.3 is 24.8 Å². The van der Waals surface area contributed by atoms with Crippen molar-refractivity contribution >= 4 is 5.97 Å². The molecule has 1 unspecified atom stereocenters. The molecule has 6 nitrogen and oxygen atoms in total. The van der Waals surface area contributed by atoms with E-state index in [1.807, 2.05) is 6.92 Å². The van der Waals surface area contributed by atoms with Crippen molar-refractivity contribution in [3.8, 4) is 0 Å². The fourth-order valence-corrected chi connectivity index (χ4v) is 1.63. The van der Waals surface area contributed by atoms with E-state index in [0.717, 1.165) is 19.3 Å². The van der Waals surface area contributed by atoms with Gasteiger partial charge >= 0.3 is 5.97 Å². The molecule has 100 valence electrons. The number of unbranched alkanes of at least 4 members (excludes halogenated alkanes) is 2. The zero-order chi connectivity index (χ0) is 12.8. The summed E-state index contributed by atoms with van der Waals surface area (Å²) < 4.78 is 9.73. The van der Waals surface area contributed by atoms with Crippen molar-refractivity contribution in [3.63, 3.8) is 0 Å². The van der Waals surface area contributed by atoms with Gasteiger partial charge in [-0.2, -0.15) is 0 Å². The minimum atomic E-state index is -1.42. The van der Waals surface area contributed by atoms with Crippen molar-refractivity contribution in [2.45, 2.75) is 57.2 Å². The maximum atomic E-state index is 11.3. The van der Waals surface area contributed by atoms with Crippen molar-refractivity contribution in [3.05, 3.63) is 0 Å². The summed E-state index contributed by atoms with van der Waals surface area (Å²) in [4.78, 5) is 11.3. The fourth-order valence-electron chi connectivity index (χ4n) is 1.63. The molecule has 6 heteroatoms. The molecular weight excluding hydrogens is 228 g/mol. The van der Waals surface area contributed by atoms with Gasteiger partial charge in [-0.1, -0.05) is 19.8 Å². The Bertz CT molecular complexity index is 244. The van der Waals surface area contributed by atoms with Crippen molar-refractivity contribution in [2.75, 3.05) is 6.61 Å². The quantitative estimate of drug-likeness (QED) is 0.435. The second-order valence-corrected chi connectivity index (χ2v) is 4.19. The molecule has 0 spiro atoms.